The Labute approximate surface area is 142 Å². The summed E-state index contributed by atoms with van der Waals surface area (Å²) in [4.78, 5) is 23.0. The van der Waals surface area contributed by atoms with Gasteiger partial charge in [-0.1, -0.05) is 0 Å². The van der Waals surface area contributed by atoms with Crippen molar-refractivity contribution in [2.45, 2.75) is 32.8 Å². The van der Waals surface area contributed by atoms with Crippen LogP contribution in [0.25, 0.3) is 0 Å². The highest BCUT2D eigenvalue weighted by Crippen LogP contribution is 2.16. The Bertz CT molecular complexity index is 523. The molecular formula is C17H26N2O5. The Hall–Kier alpha value is -2.44. The second-order valence-corrected chi connectivity index (χ2v) is 6.05. The maximum absolute atomic E-state index is 11.6. The van der Waals surface area contributed by atoms with Gasteiger partial charge in [-0.2, -0.15) is 0 Å². The van der Waals surface area contributed by atoms with Crippen molar-refractivity contribution in [1.82, 2.24) is 10.6 Å². The smallest absolute Gasteiger partial charge is 0.407 e. The van der Waals surface area contributed by atoms with Crippen LogP contribution in [0.15, 0.2) is 24.3 Å². The van der Waals surface area contributed by atoms with Crippen LogP contribution in [0.3, 0.4) is 0 Å². The fraction of sp³-hybridized carbons (Fsp3) is 0.529. The summed E-state index contributed by atoms with van der Waals surface area (Å²) in [5, 5.41) is 5.25. The monoisotopic (exact) mass is 338 g/mol. The minimum atomic E-state index is -0.550. The summed E-state index contributed by atoms with van der Waals surface area (Å²) < 4.78 is 15.6. The molecule has 7 nitrogen and oxygen atoms in total. The number of benzene rings is 1. The first-order chi connectivity index (χ1) is 11.3. The number of carbonyl (C=O) groups excluding carboxylic acids is 2. The summed E-state index contributed by atoms with van der Waals surface area (Å²) in [6.45, 7) is 6.31. The SMILES string of the molecule is COc1ccc(OCCNC(=O)CCNC(=O)OC(C)(C)C)cc1. The van der Waals surface area contributed by atoms with Gasteiger partial charge < -0.3 is 24.8 Å². The third-order valence-electron chi connectivity index (χ3n) is 2.77. The second kappa shape index (κ2) is 9.64. The van der Waals surface area contributed by atoms with Gasteiger partial charge in [-0.05, 0) is 45.0 Å². The molecule has 0 heterocycles. The quantitative estimate of drug-likeness (QED) is 0.709. The topological polar surface area (TPSA) is 85.9 Å². The highest BCUT2D eigenvalue weighted by molar-refractivity contribution is 5.77. The predicted molar refractivity (Wildman–Crippen MR) is 90.4 cm³/mol. The zero-order valence-corrected chi connectivity index (χ0v) is 14.7. The highest BCUT2D eigenvalue weighted by Gasteiger charge is 2.15. The first-order valence-electron chi connectivity index (χ1n) is 7.80. The van der Waals surface area contributed by atoms with E-state index in [4.69, 9.17) is 14.2 Å². The van der Waals surface area contributed by atoms with Crippen molar-refractivity contribution >= 4 is 12.0 Å². The second-order valence-electron chi connectivity index (χ2n) is 6.05. The Morgan fingerprint density at radius 1 is 1.00 bits per heavy atom. The lowest BCUT2D eigenvalue weighted by molar-refractivity contribution is -0.121. The van der Waals surface area contributed by atoms with Crippen LogP contribution in [0.1, 0.15) is 27.2 Å². The molecule has 1 aromatic rings. The van der Waals surface area contributed by atoms with Gasteiger partial charge in [-0.15, -0.1) is 0 Å². The lowest BCUT2D eigenvalue weighted by Gasteiger charge is -2.19. The maximum atomic E-state index is 11.6. The number of carbonyl (C=O) groups is 2. The summed E-state index contributed by atoms with van der Waals surface area (Å²) in [6, 6.07) is 7.20. The van der Waals surface area contributed by atoms with E-state index in [1.807, 2.05) is 0 Å². The number of rotatable bonds is 8. The van der Waals surface area contributed by atoms with Crippen molar-refractivity contribution in [1.29, 1.82) is 0 Å². The van der Waals surface area contributed by atoms with Gasteiger partial charge in [-0.3, -0.25) is 4.79 Å². The fourth-order valence-electron chi connectivity index (χ4n) is 1.71. The van der Waals surface area contributed by atoms with Crippen LogP contribution in [0.5, 0.6) is 11.5 Å². The molecule has 0 aliphatic rings. The van der Waals surface area contributed by atoms with E-state index in [2.05, 4.69) is 10.6 Å². The summed E-state index contributed by atoms with van der Waals surface area (Å²) in [5.41, 5.74) is -0.550. The van der Waals surface area contributed by atoms with E-state index in [0.717, 1.165) is 5.75 Å². The Kier molecular flexibility index (Phi) is 7.88. The van der Waals surface area contributed by atoms with E-state index in [1.165, 1.54) is 0 Å². The van der Waals surface area contributed by atoms with Gasteiger partial charge in [0, 0.05) is 13.0 Å². The lowest BCUT2D eigenvalue weighted by atomic mass is 10.2. The molecule has 24 heavy (non-hydrogen) atoms. The molecular weight excluding hydrogens is 312 g/mol. The van der Waals surface area contributed by atoms with Crippen LogP contribution in [0.2, 0.25) is 0 Å². The van der Waals surface area contributed by atoms with Crippen molar-refractivity contribution in [2.75, 3.05) is 26.8 Å². The molecule has 0 spiro atoms. The average molecular weight is 338 g/mol. The molecule has 0 saturated heterocycles. The van der Waals surface area contributed by atoms with Gasteiger partial charge in [0.2, 0.25) is 5.91 Å². The van der Waals surface area contributed by atoms with Crippen LogP contribution in [0, 0.1) is 0 Å². The Balaban J connectivity index is 2.10. The molecule has 0 aliphatic carbocycles. The molecule has 2 N–H and O–H groups in total. The van der Waals surface area contributed by atoms with E-state index < -0.39 is 11.7 Å². The van der Waals surface area contributed by atoms with Crippen LogP contribution in [-0.2, 0) is 9.53 Å². The molecule has 7 heteroatoms. The largest absolute Gasteiger partial charge is 0.497 e. The molecule has 0 saturated carbocycles. The molecule has 1 aromatic carbocycles. The van der Waals surface area contributed by atoms with Crippen molar-refractivity contribution in [2.24, 2.45) is 0 Å². The summed E-state index contributed by atoms with van der Waals surface area (Å²) in [6.07, 6.45) is -0.347. The van der Waals surface area contributed by atoms with Crippen molar-refractivity contribution in [3.63, 3.8) is 0 Å². The van der Waals surface area contributed by atoms with Crippen LogP contribution < -0.4 is 20.1 Å². The van der Waals surface area contributed by atoms with Gasteiger partial charge in [0.1, 0.15) is 23.7 Å². The van der Waals surface area contributed by atoms with E-state index >= 15 is 0 Å². The number of hydrogen-bond acceptors (Lipinski definition) is 5. The number of alkyl carbamates (subject to hydrolysis) is 1. The molecule has 0 fully saturated rings. The molecule has 0 atom stereocenters. The highest BCUT2D eigenvalue weighted by atomic mass is 16.6. The Morgan fingerprint density at radius 3 is 2.21 bits per heavy atom. The Morgan fingerprint density at radius 2 is 1.62 bits per heavy atom. The molecule has 0 aliphatic heterocycles. The zero-order valence-electron chi connectivity index (χ0n) is 14.7. The molecule has 0 aromatic heterocycles. The van der Waals surface area contributed by atoms with Crippen LogP contribution >= 0.6 is 0 Å². The number of hydrogen-bond donors (Lipinski definition) is 2. The van der Waals surface area contributed by atoms with Crippen LogP contribution in [0.4, 0.5) is 4.79 Å². The minimum absolute atomic E-state index is 0.163. The third kappa shape index (κ3) is 8.87. The van der Waals surface area contributed by atoms with Crippen molar-refractivity contribution in [3.05, 3.63) is 24.3 Å². The molecule has 134 valence electrons. The summed E-state index contributed by atoms with van der Waals surface area (Å²) >= 11 is 0. The predicted octanol–water partition coefficient (Wildman–Crippen LogP) is 2.10. The van der Waals surface area contributed by atoms with Gasteiger partial charge in [0.05, 0.1) is 13.7 Å². The normalized spacial score (nSPS) is 10.7. The van der Waals surface area contributed by atoms with Gasteiger partial charge in [0.15, 0.2) is 0 Å². The van der Waals surface area contributed by atoms with Gasteiger partial charge in [-0.25, -0.2) is 4.79 Å². The van der Waals surface area contributed by atoms with Gasteiger partial charge in [0.25, 0.3) is 0 Å². The molecule has 0 radical (unpaired) electrons. The summed E-state index contributed by atoms with van der Waals surface area (Å²) in [7, 11) is 1.60. The summed E-state index contributed by atoms with van der Waals surface area (Å²) in [5.74, 6) is 1.30. The number of amides is 2. The van der Waals surface area contributed by atoms with Gasteiger partial charge >= 0.3 is 6.09 Å². The zero-order chi connectivity index (χ0) is 18.0. The molecule has 1 rings (SSSR count). The number of nitrogens with one attached hydrogen (secondary N) is 2. The molecule has 0 bridgehead atoms. The maximum Gasteiger partial charge on any atom is 0.407 e. The molecule has 2 amide bonds. The third-order valence-corrected chi connectivity index (χ3v) is 2.77. The fourth-order valence-corrected chi connectivity index (χ4v) is 1.71. The van der Waals surface area contributed by atoms with E-state index in [1.54, 1.807) is 52.1 Å². The first-order valence-corrected chi connectivity index (χ1v) is 7.80. The van der Waals surface area contributed by atoms with E-state index in [9.17, 15) is 9.59 Å². The average Bonchev–Trinajstić information content (AvgIpc) is 2.50. The number of ether oxygens (including phenoxy) is 3. The van der Waals surface area contributed by atoms with Crippen molar-refractivity contribution in [3.8, 4) is 11.5 Å². The lowest BCUT2D eigenvalue weighted by Crippen LogP contribution is -2.35. The van der Waals surface area contributed by atoms with Crippen LogP contribution in [-0.4, -0.2) is 44.4 Å². The van der Waals surface area contributed by atoms with E-state index in [0.29, 0.717) is 18.9 Å². The molecule has 0 unspecified atom stereocenters. The standard InChI is InChI=1S/C17H26N2O5/c1-17(2,3)24-16(21)19-10-9-15(20)18-11-12-23-14-7-5-13(22-4)6-8-14/h5-8H,9-12H2,1-4H3,(H,18,20)(H,19,21). The first kappa shape index (κ1) is 19.6. The van der Waals surface area contributed by atoms with Crippen molar-refractivity contribution < 1.29 is 23.8 Å². The number of methoxy groups -OCH3 is 1. The minimum Gasteiger partial charge on any atom is -0.497 e. The van der Waals surface area contributed by atoms with E-state index in [-0.39, 0.29) is 18.9 Å².